The normalized spacial score (nSPS) is 12.1. The Balaban J connectivity index is 3.13. The highest BCUT2D eigenvalue weighted by Crippen LogP contribution is 2.28. The molecular weight excluding hydrogens is 321 g/mol. The van der Waals surface area contributed by atoms with Gasteiger partial charge >= 0.3 is 0 Å². The summed E-state index contributed by atoms with van der Waals surface area (Å²) in [5.41, 5.74) is 1.07. The molecule has 0 saturated carbocycles. The average Bonchev–Trinajstić information content (AvgIpc) is 2.08. The summed E-state index contributed by atoms with van der Waals surface area (Å²) in [6.45, 7) is 6.33. The van der Waals surface area contributed by atoms with Crippen molar-refractivity contribution < 1.29 is 4.42 Å². The van der Waals surface area contributed by atoms with Gasteiger partial charge in [-0.15, -0.1) is 0 Å². The summed E-state index contributed by atoms with van der Waals surface area (Å²) in [6, 6.07) is 0. The summed E-state index contributed by atoms with van der Waals surface area (Å²) in [5, 5.41) is 0. The van der Waals surface area contributed by atoms with E-state index in [-0.39, 0.29) is 5.41 Å². The number of rotatable bonds is 0. The quantitative estimate of drug-likeness (QED) is 0.682. The van der Waals surface area contributed by atoms with Crippen LogP contribution in [0.3, 0.4) is 0 Å². The Morgan fingerprint density at radius 1 is 1.45 bits per heavy atom. The van der Waals surface area contributed by atoms with Crippen molar-refractivity contribution in [2.45, 2.75) is 26.2 Å². The van der Waals surface area contributed by atoms with Gasteiger partial charge in [-0.05, 0) is 0 Å². The van der Waals surface area contributed by atoms with Crippen molar-refractivity contribution in [1.82, 2.24) is 4.98 Å². The van der Waals surface area contributed by atoms with Crippen LogP contribution in [0, 0.1) is 3.77 Å². The first-order valence-corrected chi connectivity index (χ1v) is 5.11. The monoisotopic (exact) mass is 329 g/mol. The Morgan fingerprint density at radius 2 is 2.00 bits per heavy atom. The van der Waals surface area contributed by atoms with Crippen LogP contribution in [0.2, 0.25) is 0 Å². The highest BCUT2D eigenvalue weighted by Gasteiger charge is 2.22. The van der Waals surface area contributed by atoms with E-state index >= 15 is 0 Å². The first kappa shape index (κ1) is 9.51. The van der Waals surface area contributed by atoms with Crippen molar-refractivity contribution in [3.05, 3.63) is 14.3 Å². The van der Waals surface area contributed by atoms with Gasteiger partial charge in [-0.2, -0.15) is 0 Å². The zero-order valence-corrected chi connectivity index (χ0v) is 10.4. The second-order valence-corrected chi connectivity index (χ2v) is 5.00. The van der Waals surface area contributed by atoms with Crippen molar-refractivity contribution in [3.63, 3.8) is 0 Å². The molecule has 0 saturated heterocycles. The maximum atomic E-state index is 5.23. The standard InChI is InChI=1S/C7H9BrINO/c1-7(2,3)4-5(9)11-6(8)10-4/h1-3H3. The topological polar surface area (TPSA) is 26.0 Å². The molecule has 0 N–H and O–H groups in total. The van der Waals surface area contributed by atoms with Gasteiger partial charge in [-0.3, -0.25) is 0 Å². The van der Waals surface area contributed by atoms with Crippen LogP contribution >= 0.6 is 38.5 Å². The summed E-state index contributed by atoms with van der Waals surface area (Å²) in [6.07, 6.45) is 0. The van der Waals surface area contributed by atoms with Crippen molar-refractivity contribution >= 4 is 38.5 Å². The summed E-state index contributed by atoms with van der Waals surface area (Å²) in [5.74, 6) is 0. The Hall–Kier alpha value is 0.420. The van der Waals surface area contributed by atoms with E-state index in [0.717, 1.165) is 9.46 Å². The molecule has 0 aliphatic carbocycles. The van der Waals surface area contributed by atoms with Gasteiger partial charge < -0.3 is 4.42 Å². The summed E-state index contributed by atoms with van der Waals surface area (Å²) in [4.78, 5) is 4.79. The molecule has 1 heterocycles. The van der Waals surface area contributed by atoms with Gasteiger partial charge in [0.1, 0.15) is 0 Å². The summed E-state index contributed by atoms with van der Waals surface area (Å²) < 4.78 is 6.10. The highest BCUT2D eigenvalue weighted by molar-refractivity contribution is 14.1. The predicted molar refractivity (Wildman–Crippen MR) is 55.6 cm³/mol. The minimum atomic E-state index is 0.0616. The summed E-state index contributed by atoms with van der Waals surface area (Å²) >= 11 is 5.34. The van der Waals surface area contributed by atoms with Crippen molar-refractivity contribution in [1.29, 1.82) is 0 Å². The van der Waals surface area contributed by atoms with Gasteiger partial charge in [0.2, 0.25) is 0 Å². The first-order valence-electron chi connectivity index (χ1n) is 3.23. The highest BCUT2D eigenvalue weighted by atomic mass is 127. The predicted octanol–water partition coefficient (Wildman–Crippen LogP) is 3.34. The lowest BCUT2D eigenvalue weighted by molar-refractivity contribution is 0.491. The molecule has 1 aromatic heterocycles. The van der Waals surface area contributed by atoms with Crippen LogP contribution in [-0.4, -0.2) is 4.98 Å². The van der Waals surface area contributed by atoms with Crippen molar-refractivity contribution in [2.24, 2.45) is 0 Å². The molecule has 0 spiro atoms. The fourth-order valence-electron chi connectivity index (χ4n) is 0.739. The van der Waals surface area contributed by atoms with Gasteiger partial charge in [-0.1, -0.05) is 20.8 Å². The van der Waals surface area contributed by atoms with Gasteiger partial charge in [0.05, 0.1) is 5.69 Å². The van der Waals surface area contributed by atoms with Gasteiger partial charge in [0, 0.05) is 43.9 Å². The van der Waals surface area contributed by atoms with E-state index in [0.29, 0.717) is 4.80 Å². The second-order valence-electron chi connectivity index (χ2n) is 3.34. The van der Waals surface area contributed by atoms with Crippen LogP contribution < -0.4 is 0 Å². The number of hydrogen-bond acceptors (Lipinski definition) is 2. The van der Waals surface area contributed by atoms with E-state index in [1.165, 1.54) is 0 Å². The van der Waals surface area contributed by atoms with Gasteiger partial charge in [0.25, 0.3) is 4.80 Å². The minimum Gasteiger partial charge on any atom is -0.425 e. The molecule has 1 aromatic rings. The summed E-state index contributed by atoms with van der Waals surface area (Å²) in [7, 11) is 0. The third-order valence-corrected chi connectivity index (χ3v) is 2.34. The van der Waals surface area contributed by atoms with E-state index < -0.39 is 0 Å². The Morgan fingerprint density at radius 3 is 2.18 bits per heavy atom. The average molecular weight is 330 g/mol. The number of oxazole rings is 1. The van der Waals surface area contributed by atoms with Gasteiger partial charge in [0.15, 0.2) is 3.77 Å². The molecule has 0 amide bonds. The fourth-order valence-corrected chi connectivity index (χ4v) is 2.52. The lowest BCUT2D eigenvalue weighted by Crippen LogP contribution is -2.12. The molecule has 4 heteroatoms. The molecule has 0 aliphatic rings. The Kier molecular flexibility index (Phi) is 2.63. The molecule has 0 fully saturated rings. The number of nitrogens with zero attached hydrogens (tertiary/aromatic N) is 1. The zero-order chi connectivity index (χ0) is 8.65. The van der Waals surface area contributed by atoms with Crippen molar-refractivity contribution in [3.8, 4) is 0 Å². The number of halogens is 2. The maximum Gasteiger partial charge on any atom is 0.265 e. The molecule has 0 atom stereocenters. The zero-order valence-electron chi connectivity index (χ0n) is 6.61. The molecule has 0 radical (unpaired) electrons. The van der Waals surface area contributed by atoms with Crippen molar-refractivity contribution in [2.75, 3.05) is 0 Å². The lowest BCUT2D eigenvalue weighted by atomic mass is 9.93. The van der Waals surface area contributed by atoms with Gasteiger partial charge in [-0.25, -0.2) is 4.98 Å². The largest absolute Gasteiger partial charge is 0.425 e. The first-order chi connectivity index (χ1) is 4.91. The maximum absolute atomic E-state index is 5.23. The third-order valence-electron chi connectivity index (χ3n) is 1.27. The Bertz CT molecular complexity index is 264. The molecule has 0 aromatic carbocycles. The van der Waals surface area contributed by atoms with Crippen LogP contribution in [-0.2, 0) is 5.41 Å². The molecule has 0 bridgehead atoms. The minimum absolute atomic E-state index is 0.0616. The van der Waals surface area contributed by atoms with E-state index in [4.69, 9.17) is 4.42 Å². The molecule has 62 valence electrons. The number of aromatic nitrogens is 1. The van der Waals surface area contributed by atoms with E-state index in [2.05, 4.69) is 64.3 Å². The van der Waals surface area contributed by atoms with E-state index in [9.17, 15) is 0 Å². The van der Waals surface area contributed by atoms with Crippen LogP contribution in [0.5, 0.6) is 0 Å². The SMILES string of the molecule is CC(C)(C)c1nc(Br)oc1I. The number of hydrogen-bond donors (Lipinski definition) is 0. The second kappa shape index (κ2) is 3.05. The van der Waals surface area contributed by atoms with E-state index in [1.807, 2.05) is 0 Å². The van der Waals surface area contributed by atoms with Crippen LogP contribution in [0.25, 0.3) is 0 Å². The lowest BCUT2D eigenvalue weighted by Gasteiger charge is -2.13. The molecule has 11 heavy (non-hydrogen) atoms. The fraction of sp³-hybridized carbons (Fsp3) is 0.571. The molecular formula is C7H9BrINO. The van der Waals surface area contributed by atoms with Crippen LogP contribution in [0.4, 0.5) is 0 Å². The molecule has 0 unspecified atom stereocenters. The van der Waals surface area contributed by atoms with Crippen LogP contribution in [0.15, 0.2) is 9.22 Å². The van der Waals surface area contributed by atoms with E-state index in [1.54, 1.807) is 0 Å². The molecule has 1 rings (SSSR count). The molecule has 2 nitrogen and oxygen atoms in total. The third kappa shape index (κ3) is 2.18. The smallest absolute Gasteiger partial charge is 0.265 e. The van der Waals surface area contributed by atoms with Crippen LogP contribution in [0.1, 0.15) is 26.5 Å². The molecule has 0 aliphatic heterocycles. The Labute approximate surface area is 88.0 Å².